The fraction of sp³-hybridized carbons (Fsp3) is 0.467. The van der Waals surface area contributed by atoms with E-state index in [1.165, 1.54) is 11.1 Å². The van der Waals surface area contributed by atoms with E-state index >= 15 is 0 Å². The largest absolute Gasteiger partial charge is 0.480 e. The van der Waals surface area contributed by atoms with Gasteiger partial charge in [-0.2, -0.15) is 0 Å². The van der Waals surface area contributed by atoms with Gasteiger partial charge in [0.1, 0.15) is 6.04 Å². The van der Waals surface area contributed by atoms with E-state index in [1.54, 1.807) is 0 Å². The topological polar surface area (TPSA) is 66.4 Å². The Morgan fingerprint density at radius 1 is 1.24 bits per heavy atom. The van der Waals surface area contributed by atoms with Crippen LogP contribution < -0.4 is 5.32 Å². The Morgan fingerprint density at radius 2 is 1.95 bits per heavy atom. The van der Waals surface area contributed by atoms with E-state index in [4.69, 9.17) is 5.11 Å². The number of hydrogen-bond acceptors (Lipinski definition) is 2. The number of aliphatic carboxylic acids is 1. The average Bonchev–Trinajstić information content (AvgIpc) is 2.84. The van der Waals surface area contributed by atoms with Gasteiger partial charge in [-0.25, -0.2) is 13.6 Å². The lowest BCUT2D eigenvalue weighted by Gasteiger charge is -2.14. The van der Waals surface area contributed by atoms with Crippen LogP contribution in [0.15, 0.2) is 18.2 Å². The van der Waals surface area contributed by atoms with Crippen molar-refractivity contribution in [2.75, 3.05) is 0 Å². The fourth-order valence-electron chi connectivity index (χ4n) is 2.57. The Bertz CT molecular complexity index is 546. The quantitative estimate of drug-likeness (QED) is 0.843. The fourth-order valence-corrected chi connectivity index (χ4v) is 2.57. The minimum Gasteiger partial charge on any atom is -0.480 e. The molecule has 21 heavy (non-hydrogen) atoms. The van der Waals surface area contributed by atoms with Crippen LogP contribution in [0.3, 0.4) is 0 Å². The van der Waals surface area contributed by atoms with Crippen LogP contribution in [0.1, 0.15) is 29.5 Å². The molecular weight excluding hydrogens is 280 g/mol. The Hall–Kier alpha value is -1.98. The molecule has 0 saturated heterocycles. The first-order valence-electron chi connectivity index (χ1n) is 6.86. The summed E-state index contributed by atoms with van der Waals surface area (Å²) in [5, 5.41) is 11.0. The molecule has 6 heteroatoms. The number of halogens is 2. The van der Waals surface area contributed by atoms with Crippen molar-refractivity contribution in [2.45, 2.75) is 44.6 Å². The highest BCUT2D eigenvalue weighted by Gasteiger charge is 2.24. The lowest BCUT2D eigenvalue weighted by atomic mass is 10.0. The van der Waals surface area contributed by atoms with E-state index in [0.717, 1.165) is 24.8 Å². The van der Waals surface area contributed by atoms with Gasteiger partial charge in [0, 0.05) is 6.42 Å². The van der Waals surface area contributed by atoms with Crippen molar-refractivity contribution in [3.63, 3.8) is 0 Å². The van der Waals surface area contributed by atoms with Crippen molar-refractivity contribution < 1.29 is 23.5 Å². The average molecular weight is 297 g/mol. The number of carbonyl (C=O) groups excluding carboxylic acids is 1. The first-order valence-corrected chi connectivity index (χ1v) is 6.86. The minimum atomic E-state index is -2.77. The summed E-state index contributed by atoms with van der Waals surface area (Å²) in [4.78, 5) is 22.6. The maximum Gasteiger partial charge on any atom is 0.326 e. The van der Waals surface area contributed by atoms with Gasteiger partial charge >= 0.3 is 5.97 Å². The van der Waals surface area contributed by atoms with Crippen LogP contribution >= 0.6 is 0 Å². The summed E-state index contributed by atoms with van der Waals surface area (Å²) in [5.41, 5.74) is 3.26. The Kier molecular flexibility index (Phi) is 4.88. The number of nitrogens with one attached hydrogen (secondary N) is 1. The van der Waals surface area contributed by atoms with Crippen LogP contribution in [-0.2, 0) is 28.9 Å². The number of carboxylic acid groups (broad SMARTS) is 1. The van der Waals surface area contributed by atoms with Crippen LogP contribution in [0.2, 0.25) is 0 Å². The van der Waals surface area contributed by atoms with Gasteiger partial charge in [0.2, 0.25) is 12.3 Å². The number of fused-ring (bicyclic) bond motifs is 1. The van der Waals surface area contributed by atoms with Crippen molar-refractivity contribution in [2.24, 2.45) is 0 Å². The predicted octanol–water partition coefficient (Wildman–Crippen LogP) is 1.94. The molecule has 2 N–H and O–H groups in total. The van der Waals surface area contributed by atoms with E-state index in [9.17, 15) is 18.4 Å². The molecule has 2 rings (SSSR count). The third-order valence-corrected chi connectivity index (χ3v) is 3.57. The molecule has 0 bridgehead atoms. The molecule has 0 heterocycles. The van der Waals surface area contributed by atoms with Crippen molar-refractivity contribution in [1.82, 2.24) is 5.32 Å². The van der Waals surface area contributed by atoms with Crippen molar-refractivity contribution >= 4 is 11.9 Å². The molecule has 0 aliphatic heterocycles. The predicted molar refractivity (Wildman–Crippen MR) is 72.4 cm³/mol. The summed E-state index contributed by atoms with van der Waals surface area (Å²) in [6.45, 7) is 0. The van der Waals surface area contributed by atoms with Crippen LogP contribution in [-0.4, -0.2) is 29.5 Å². The van der Waals surface area contributed by atoms with Crippen LogP contribution in [0.4, 0.5) is 8.78 Å². The van der Waals surface area contributed by atoms with Crippen molar-refractivity contribution in [3.8, 4) is 0 Å². The van der Waals surface area contributed by atoms with E-state index in [1.807, 2.05) is 18.2 Å². The third-order valence-electron chi connectivity index (χ3n) is 3.57. The molecule has 1 aliphatic rings. The number of amides is 1. The van der Waals surface area contributed by atoms with E-state index < -0.39 is 30.8 Å². The molecule has 1 amide bonds. The van der Waals surface area contributed by atoms with Gasteiger partial charge in [-0.3, -0.25) is 4.79 Å². The molecule has 1 unspecified atom stereocenters. The van der Waals surface area contributed by atoms with Gasteiger partial charge in [-0.05, 0) is 36.0 Å². The summed E-state index contributed by atoms with van der Waals surface area (Å²) in [6.07, 6.45) is -0.538. The van der Waals surface area contributed by atoms with Crippen LogP contribution in [0, 0.1) is 0 Å². The highest BCUT2D eigenvalue weighted by atomic mass is 19.3. The number of hydrogen-bond donors (Lipinski definition) is 2. The Labute approximate surface area is 121 Å². The highest BCUT2D eigenvalue weighted by Crippen LogP contribution is 2.23. The normalized spacial score (nSPS) is 14.8. The first kappa shape index (κ1) is 15.4. The highest BCUT2D eigenvalue weighted by molar-refractivity contribution is 5.84. The monoisotopic (exact) mass is 297 g/mol. The van der Waals surface area contributed by atoms with Gasteiger partial charge < -0.3 is 10.4 Å². The molecule has 0 radical (unpaired) electrons. The molecule has 4 nitrogen and oxygen atoms in total. The number of alkyl halides is 2. The smallest absolute Gasteiger partial charge is 0.326 e. The molecular formula is C15H17F2NO3. The van der Waals surface area contributed by atoms with Crippen LogP contribution in [0.5, 0.6) is 0 Å². The summed E-state index contributed by atoms with van der Waals surface area (Å²) in [5.74, 6) is -2.00. The number of benzene rings is 1. The second-order valence-corrected chi connectivity index (χ2v) is 5.22. The second kappa shape index (κ2) is 6.65. The molecule has 0 spiro atoms. The Balaban J connectivity index is 1.96. The molecule has 0 saturated carbocycles. The molecule has 1 atom stereocenters. The van der Waals surface area contributed by atoms with E-state index in [2.05, 4.69) is 5.32 Å². The van der Waals surface area contributed by atoms with Gasteiger partial charge in [-0.1, -0.05) is 18.2 Å². The van der Waals surface area contributed by atoms with Gasteiger partial charge in [-0.15, -0.1) is 0 Å². The first-order chi connectivity index (χ1) is 9.95. The van der Waals surface area contributed by atoms with Crippen LogP contribution in [0.25, 0.3) is 0 Å². The molecule has 1 aromatic carbocycles. The lowest BCUT2D eigenvalue weighted by Crippen LogP contribution is -2.42. The summed E-state index contributed by atoms with van der Waals surface area (Å²) < 4.78 is 24.5. The van der Waals surface area contributed by atoms with Crippen molar-refractivity contribution in [1.29, 1.82) is 0 Å². The number of carboxylic acids is 1. The van der Waals surface area contributed by atoms with E-state index in [0.29, 0.717) is 0 Å². The third kappa shape index (κ3) is 4.24. The molecule has 0 aromatic heterocycles. The number of carbonyl (C=O) groups is 2. The zero-order chi connectivity index (χ0) is 15.4. The minimum absolute atomic E-state index is 0.000296. The lowest BCUT2D eigenvalue weighted by molar-refractivity contribution is -0.142. The number of rotatable bonds is 6. The summed E-state index contributed by atoms with van der Waals surface area (Å²) in [7, 11) is 0. The maximum absolute atomic E-state index is 12.3. The Morgan fingerprint density at radius 3 is 2.62 bits per heavy atom. The molecule has 1 aliphatic carbocycles. The summed E-state index contributed by atoms with van der Waals surface area (Å²) >= 11 is 0. The molecule has 0 fully saturated rings. The maximum atomic E-state index is 12.3. The molecule has 1 aromatic rings. The van der Waals surface area contributed by atoms with Gasteiger partial charge in [0.15, 0.2) is 0 Å². The standard InChI is InChI=1S/C15H17F2NO3/c16-13(17)8-12(15(20)21)18-14(19)7-9-4-5-10-2-1-3-11(10)6-9/h4-6,12-13H,1-3,7-8H2,(H,18,19)(H,20,21). The summed E-state index contributed by atoms with van der Waals surface area (Å²) in [6, 6.07) is 4.18. The zero-order valence-electron chi connectivity index (χ0n) is 11.4. The van der Waals surface area contributed by atoms with Crippen molar-refractivity contribution in [3.05, 3.63) is 34.9 Å². The van der Waals surface area contributed by atoms with Gasteiger partial charge in [0.05, 0.1) is 6.42 Å². The second-order valence-electron chi connectivity index (χ2n) is 5.22. The zero-order valence-corrected chi connectivity index (χ0v) is 11.4. The SMILES string of the molecule is O=C(Cc1ccc2c(c1)CCC2)NC(CC(F)F)C(=O)O. The number of aryl methyl sites for hydroxylation is 2. The molecule has 114 valence electrons. The van der Waals surface area contributed by atoms with E-state index in [-0.39, 0.29) is 6.42 Å². The van der Waals surface area contributed by atoms with Gasteiger partial charge in [0.25, 0.3) is 0 Å².